The molecule has 0 unspecified atom stereocenters. The number of benzene rings is 2. The molecule has 6 nitrogen and oxygen atoms in total. The number of hydrogen-bond acceptors (Lipinski definition) is 4. The Morgan fingerprint density at radius 1 is 1.07 bits per heavy atom. The van der Waals surface area contributed by atoms with Crippen molar-refractivity contribution in [1.82, 2.24) is 4.98 Å². The van der Waals surface area contributed by atoms with Crippen molar-refractivity contribution in [2.75, 3.05) is 19.5 Å². The lowest BCUT2D eigenvalue weighted by Crippen LogP contribution is -2.11. The van der Waals surface area contributed by atoms with Crippen LogP contribution in [0.1, 0.15) is 11.1 Å². The Balaban J connectivity index is 1.82. The Hall–Kier alpha value is -3.54. The minimum atomic E-state index is -0.349. The molecule has 0 bridgehead atoms. The molecule has 0 fully saturated rings. The monoisotopic (exact) mass is 364 g/mol. The van der Waals surface area contributed by atoms with Gasteiger partial charge in [0.2, 0.25) is 5.91 Å². The third-order valence-electron chi connectivity index (χ3n) is 4.18. The van der Waals surface area contributed by atoms with Crippen molar-refractivity contribution in [2.45, 2.75) is 6.92 Å². The largest absolute Gasteiger partial charge is 0.493 e. The van der Waals surface area contributed by atoms with E-state index in [2.05, 4.69) is 10.3 Å². The molecule has 6 heteroatoms. The third kappa shape index (κ3) is 4.00. The second-order valence-electron chi connectivity index (χ2n) is 5.99. The van der Waals surface area contributed by atoms with E-state index in [0.29, 0.717) is 22.7 Å². The predicted molar refractivity (Wildman–Crippen MR) is 107 cm³/mol. The molecule has 0 radical (unpaired) electrons. The number of nitrogens with one attached hydrogen (secondary N) is 2. The average molecular weight is 364 g/mol. The molecule has 0 saturated heterocycles. The Morgan fingerprint density at radius 2 is 1.78 bits per heavy atom. The first-order valence-corrected chi connectivity index (χ1v) is 8.35. The van der Waals surface area contributed by atoms with Gasteiger partial charge in [0.15, 0.2) is 11.5 Å². The number of rotatable bonds is 5. The van der Waals surface area contributed by atoms with Gasteiger partial charge in [-0.15, -0.1) is 0 Å². The maximum atomic E-state index is 12.3. The quantitative estimate of drug-likeness (QED) is 0.679. The molecule has 2 aromatic carbocycles. The number of aromatic nitrogens is 1. The van der Waals surface area contributed by atoms with Crippen LogP contribution in [-0.2, 0) is 4.79 Å². The standard InChI is InChI=1S/C21H20N2O4/c1-13-10-18(26-2)19(27-3)12-17(13)22-20(24)9-8-15-11-14-6-4-5-7-16(14)23-21(15)25/h4-12H,1-3H3,(H,22,24)(H,23,25)/b9-8+. The number of anilines is 1. The summed E-state index contributed by atoms with van der Waals surface area (Å²) in [4.78, 5) is 27.2. The van der Waals surface area contributed by atoms with Crippen molar-refractivity contribution in [3.63, 3.8) is 0 Å². The first-order chi connectivity index (χ1) is 13.0. The van der Waals surface area contributed by atoms with E-state index in [9.17, 15) is 9.59 Å². The van der Waals surface area contributed by atoms with E-state index in [-0.39, 0.29) is 11.5 Å². The number of para-hydroxylation sites is 1. The van der Waals surface area contributed by atoms with Gasteiger partial charge in [0.1, 0.15) is 0 Å². The Bertz CT molecular complexity index is 1080. The van der Waals surface area contributed by atoms with Crippen LogP contribution in [0.5, 0.6) is 11.5 Å². The van der Waals surface area contributed by atoms with E-state index >= 15 is 0 Å². The fraction of sp³-hybridized carbons (Fsp3) is 0.143. The number of H-pyrrole nitrogens is 1. The minimum absolute atomic E-state index is 0.250. The molecular weight excluding hydrogens is 344 g/mol. The number of hydrogen-bond donors (Lipinski definition) is 2. The van der Waals surface area contributed by atoms with Gasteiger partial charge >= 0.3 is 0 Å². The topological polar surface area (TPSA) is 80.4 Å². The molecule has 0 saturated carbocycles. The van der Waals surface area contributed by atoms with Crippen molar-refractivity contribution in [3.05, 3.63) is 70.0 Å². The van der Waals surface area contributed by atoms with Gasteiger partial charge in [-0.3, -0.25) is 9.59 Å². The summed E-state index contributed by atoms with van der Waals surface area (Å²) in [6.07, 6.45) is 2.83. The molecule has 0 aliphatic heterocycles. The van der Waals surface area contributed by atoms with Crippen LogP contribution >= 0.6 is 0 Å². The van der Waals surface area contributed by atoms with Crippen LogP contribution in [0.2, 0.25) is 0 Å². The van der Waals surface area contributed by atoms with E-state index in [1.165, 1.54) is 19.3 Å². The highest BCUT2D eigenvalue weighted by atomic mass is 16.5. The summed E-state index contributed by atoms with van der Waals surface area (Å²) in [5.74, 6) is 0.762. The normalized spacial score (nSPS) is 10.9. The van der Waals surface area contributed by atoms with Crippen molar-refractivity contribution < 1.29 is 14.3 Å². The summed E-state index contributed by atoms with van der Waals surface area (Å²) >= 11 is 0. The molecule has 0 aliphatic rings. The van der Waals surface area contributed by atoms with Gasteiger partial charge in [-0.25, -0.2) is 0 Å². The van der Waals surface area contributed by atoms with Gasteiger partial charge in [-0.05, 0) is 42.1 Å². The smallest absolute Gasteiger partial charge is 0.255 e. The molecule has 0 spiro atoms. The predicted octanol–water partition coefficient (Wildman–Crippen LogP) is 3.51. The Morgan fingerprint density at radius 3 is 2.52 bits per heavy atom. The molecule has 1 heterocycles. The van der Waals surface area contributed by atoms with Gasteiger partial charge in [-0.1, -0.05) is 18.2 Å². The number of aromatic amines is 1. The van der Waals surface area contributed by atoms with E-state index in [0.717, 1.165) is 16.5 Å². The lowest BCUT2D eigenvalue weighted by atomic mass is 10.1. The molecule has 1 aromatic heterocycles. The fourth-order valence-electron chi connectivity index (χ4n) is 2.74. The summed E-state index contributed by atoms with van der Waals surface area (Å²) in [7, 11) is 3.09. The minimum Gasteiger partial charge on any atom is -0.493 e. The summed E-state index contributed by atoms with van der Waals surface area (Å²) in [5, 5.41) is 3.69. The van der Waals surface area contributed by atoms with Crippen LogP contribution in [0, 0.1) is 6.92 Å². The summed E-state index contributed by atoms with van der Waals surface area (Å²) in [6.45, 7) is 1.86. The Kier molecular flexibility index (Phi) is 5.26. The van der Waals surface area contributed by atoms with Gasteiger partial charge in [0, 0.05) is 28.9 Å². The molecule has 2 N–H and O–H groups in total. The van der Waals surface area contributed by atoms with Gasteiger partial charge in [-0.2, -0.15) is 0 Å². The van der Waals surface area contributed by atoms with Crippen LogP contribution in [0.4, 0.5) is 5.69 Å². The van der Waals surface area contributed by atoms with Gasteiger partial charge in [0.05, 0.1) is 14.2 Å². The second-order valence-corrected chi connectivity index (χ2v) is 5.99. The van der Waals surface area contributed by atoms with Crippen molar-refractivity contribution in [1.29, 1.82) is 0 Å². The highest BCUT2D eigenvalue weighted by molar-refractivity contribution is 6.02. The fourth-order valence-corrected chi connectivity index (χ4v) is 2.74. The number of ether oxygens (including phenoxy) is 2. The van der Waals surface area contributed by atoms with Crippen LogP contribution < -0.4 is 20.3 Å². The van der Waals surface area contributed by atoms with E-state index in [1.54, 1.807) is 25.3 Å². The van der Waals surface area contributed by atoms with Crippen LogP contribution in [0.25, 0.3) is 17.0 Å². The highest BCUT2D eigenvalue weighted by Gasteiger charge is 2.10. The van der Waals surface area contributed by atoms with Gasteiger partial charge in [0.25, 0.3) is 5.56 Å². The molecule has 0 aliphatic carbocycles. The second kappa shape index (κ2) is 7.78. The van der Waals surface area contributed by atoms with Crippen LogP contribution in [0.15, 0.2) is 53.3 Å². The maximum absolute atomic E-state index is 12.3. The summed E-state index contributed by atoms with van der Waals surface area (Å²) < 4.78 is 10.5. The summed E-state index contributed by atoms with van der Waals surface area (Å²) in [5.41, 5.74) is 2.35. The number of aryl methyl sites for hydroxylation is 1. The zero-order valence-electron chi connectivity index (χ0n) is 15.3. The van der Waals surface area contributed by atoms with Crippen LogP contribution in [0.3, 0.4) is 0 Å². The number of fused-ring (bicyclic) bond motifs is 1. The number of carbonyl (C=O) groups excluding carboxylic acids is 1. The molecule has 27 heavy (non-hydrogen) atoms. The lowest BCUT2D eigenvalue weighted by molar-refractivity contribution is -0.111. The van der Waals surface area contributed by atoms with E-state index in [4.69, 9.17) is 9.47 Å². The maximum Gasteiger partial charge on any atom is 0.255 e. The molecule has 0 atom stereocenters. The molecule has 3 aromatic rings. The number of methoxy groups -OCH3 is 2. The van der Waals surface area contributed by atoms with E-state index in [1.807, 2.05) is 31.2 Å². The van der Waals surface area contributed by atoms with Crippen molar-refractivity contribution >= 4 is 28.6 Å². The first kappa shape index (κ1) is 18.3. The lowest BCUT2D eigenvalue weighted by Gasteiger charge is -2.12. The molecule has 1 amide bonds. The SMILES string of the molecule is COc1cc(C)c(NC(=O)/C=C/c2cc3ccccc3[nH]c2=O)cc1OC. The third-order valence-corrected chi connectivity index (χ3v) is 4.18. The summed E-state index contributed by atoms with van der Waals surface area (Å²) in [6, 6.07) is 12.7. The van der Waals surface area contributed by atoms with Gasteiger partial charge < -0.3 is 19.8 Å². The van der Waals surface area contributed by atoms with Crippen LogP contribution in [-0.4, -0.2) is 25.1 Å². The average Bonchev–Trinajstić information content (AvgIpc) is 2.67. The highest BCUT2D eigenvalue weighted by Crippen LogP contribution is 2.32. The number of carbonyl (C=O) groups is 1. The molecular formula is C21H20N2O4. The zero-order chi connectivity index (χ0) is 19.4. The first-order valence-electron chi connectivity index (χ1n) is 8.35. The zero-order valence-corrected chi connectivity index (χ0v) is 15.3. The number of pyridine rings is 1. The van der Waals surface area contributed by atoms with Crippen molar-refractivity contribution in [2.24, 2.45) is 0 Å². The molecule has 138 valence electrons. The Labute approximate surface area is 156 Å². The molecule has 3 rings (SSSR count). The van der Waals surface area contributed by atoms with Crippen molar-refractivity contribution in [3.8, 4) is 11.5 Å². The van der Waals surface area contributed by atoms with E-state index < -0.39 is 0 Å². The number of amides is 1.